The molecule has 0 saturated heterocycles. The Labute approximate surface area is 140 Å². The number of carbonyl (C=O) groups excluding carboxylic acids is 1. The SMILES string of the molecule is CCc1cc(C(=O)NCc2cccc(OCC=CCl)c2)n(C)n1. The predicted octanol–water partition coefficient (Wildman–Crippen LogP) is 3.04. The molecule has 0 atom stereocenters. The largest absolute Gasteiger partial charge is 0.489 e. The van der Waals surface area contributed by atoms with Crippen LogP contribution in [0, 0.1) is 0 Å². The summed E-state index contributed by atoms with van der Waals surface area (Å²) in [6, 6.07) is 9.39. The number of benzene rings is 1. The van der Waals surface area contributed by atoms with Crippen LogP contribution in [0.15, 0.2) is 41.9 Å². The monoisotopic (exact) mass is 333 g/mol. The van der Waals surface area contributed by atoms with Crippen LogP contribution in [0.5, 0.6) is 5.75 Å². The van der Waals surface area contributed by atoms with E-state index in [-0.39, 0.29) is 5.91 Å². The Hall–Kier alpha value is -2.27. The highest BCUT2D eigenvalue weighted by atomic mass is 35.5. The normalized spacial score (nSPS) is 10.9. The van der Waals surface area contributed by atoms with Gasteiger partial charge in [0.1, 0.15) is 18.1 Å². The Morgan fingerprint density at radius 2 is 2.26 bits per heavy atom. The highest BCUT2D eigenvalue weighted by molar-refractivity contribution is 6.25. The number of carbonyl (C=O) groups is 1. The molecule has 0 aliphatic carbocycles. The summed E-state index contributed by atoms with van der Waals surface area (Å²) in [4.78, 5) is 12.2. The molecule has 6 heteroatoms. The maximum Gasteiger partial charge on any atom is 0.269 e. The fourth-order valence-electron chi connectivity index (χ4n) is 2.11. The molecule has 0 aliphatic heterocycles. The second-order valence-corrected chi connectivity index (χ2v) is 5.25. The Kier molecular flexibility index (Phi) is 6.23. The summed E-state index contributed by atoms with van der Waals surface area (Å²) < 4.78 is 7.12. The molecule has 1 aromatic carbocycles. The molecule has 0 bridgehead atoms. The molecule has 0 fully saturated rings. The lowest BCUT2D eigenvalue weighted by Crippen LogP contribution is -2.25. The molecule has 1 amide bonds. The Morgan fingerprint density at radius 1 is 1.43 bits per heavy atom. The van der Waals surface area contributed by atoms with Crippen LogP contribution < -0.4 is 10.1 Å². The molecule has 0 aliphatic rings. The van der Waals surface area contributed by atoms with Gasteiger partial charge >= 0.3 is 0 Å². The van der Waals surface area contributed by atoms with Gasteiger partial charge in [0.25, 0.3) is 5.91 Å². The maximum absolute atomic E-state index is 12.2. The van der Waals surface area contributed by atoms with Crippen LogP contribution in [0.4, 0.5) is 0 Å². The van der Waals surface area contributed by atoms with Crippen molar-refractivity contribution in [2.45, 2.75) is 19.9 Å². The number of ether oxygens (including phenoxy) is 1. The van der Waals surface area contributed by atoms with Gasteiger partial charge in [0.15, 0.2) is 0 Å². The lowest BCUT2D eigenvalue weighted by molar-refractivity contribution is 0.0941. The van der Waals surface area contributed by atoms with Gasteiger partial charge in [0.05, 0.1) is 5.69 Å². The van der Waals surface area contributed by atoms with Crippen molar-refractivity contribution in [3.8, 4) is 5.75 Å². The number of hydrogen-bond donors (Lipinski definition) is 1. The Balaban J connectivity index is 1.95. The van der Waals surface area contributed by atoms with Crippen molar-refractivity contribution in [2.75, 3.05) is 6.61 Å². The van der Waals surface area contributed by atoms with Gasteiger partial charge < -0.3 is 10.1 Å². The van der Waals surface area contributed by atoms with Crippen molar-refractivity contribution < 1.29 is 9.53 Å². The summed E-state index contributed by atoms with van der Waals surface area (Å²) in [5, 5.41) is 7.18. The molecule has 1 heterocycles. The third-order valence-corrected chi connectivity index (χ3v) is 3.49. The van der Waals surface area contributed by atoms with E-state index < -0.39 is 0 Å². The summed E-state index contributed by atoms with van der Waals surface area (Å²) in [7, 11) is 1.77. The van der Waals surface area contributed by atoms with Crippen molar-refractivity contribution >= 4 is 17.5 Å². The molecule has 5 nitrogen and oxygen atoms in total. The van der Waals surface area contributed by atoms with Gasteiger partial charge in [0, 0.05) is 19.1 Å². The number of nitrogens with one attached hydrogen (secondary N) is 1. The standard InChI is InChI=1S/C17H20ClN3O2/c1-3-14-11-16(21(2)20-14)17(22)19-12-13-6-4-7-15(10-13)23-9-5-8-18/h4-8,10-11H,3,9,12H2,1-2H3,(H,19,22). The molecule has 23 heavy (non-hydrogen) atoms. The van der Waals surface area contributed by atoms with Gasteiger partial charge in [0.2, 0.25) is 0 Å². The van der Waals surface area contributed by atoms with Crippen molar-refractivity contribution in [3.05, 3.63) is 58.9 Å². The lowest BCUT2D eigenvalue weighted by Gasteiger charge is -2.08. The van der Waals surface area contributed by atoms with Gasteiger partial charge in [-0.05, 0) is 36.3 Å². The molecule has 0 unspecified atom stereocenters. The smallest absolute Gasteiger partial charge is 0.269 e. The second kappa shape index (κ2) is 8.39. The Bertz CT molecular complexity index is 695. The average molecular weight is 334 g/mol. The highest BCUT2D eigenvalue weighted by Gasteiger charge is 2.12. The minimum absolute atomic E-state index is 0.143. The third-order valence-electron chi connectivity index (χ3n) is 3.31. The first kappa shape index (κ1) is 17.1. The van der Waals surface area contributed by atoms with Crippen LogP contribution >= 0.6 is 11.6 Å². The summed E-state index contributed by atoms with van der Waals surface area (Å²) in [6.07, 6.45) is 2.51. The van der Waals surface area contributed by atoms with Crippen molar-refractivity contribution in [2.24, 2.45) is 7.05 Å². The number of nitrogens with zero attached hydrogens (tertiary/aromatic N) is 2. The zero-order valence-electron chi connectivity index (χ0n) is 13.3. The van der Waals surface area contributed by atoms with Gasteiger partial charge in [-0.25, -0.2) is 0 Å². The Morgan fingerprint density at radius 3 is 2.96 bits per heavy atom. The molecule has 0 saturated carbocycles. The summed E-state index contributed by atoms with van der Waals surface area (Å²) in [5.74, 6) is 0.594. The van der Waals surface area contributed by atoms with Gasteiger partial charge in [-0.15, -0.1) is 0 Å². The van der Waals surface area contributed by atoms with Gasteiger partial charge in [-0.3, -0.25) is 9.48 Å². The fraction of sp³-hybridized carbons (Fsp3) is 0.294. The molecule has 2 aromatic rings. The summed E-state index contributed by atoms with van der Waals surface area (Å²) in [5.41, 5.74) is 3.84. The van der Waals surface area contributed by atoms with Crippen LogP contribution in [0.1, 0.15) is 28.7 Å². The van der Waals surface area contributed by atoms with Crippen LogP contribution in [0.25, 0.3) is 0 Å². The third kappa shape index (κ3) is 4.86. The van der Waals surface area contributed by atoms with E-state index in [1.807, 2.05) is 37.3 Å². The summed E-state index contributed by atoms with van der Waals surface area (Å²) in [6.45, 7) is 2.84. The van der Waals surface area contributed by atoms with Crippen LogP contribution in [-0.4, -0.2) is 22.3 Å². The molecule has 1 aromatic heterocycles. The number of hydrogen-bond acceptors (Lipinski definition) is 3. The quantitative estimate of drug-likeness (QED) is 0.847. The molecule has 0 radical (unpaired) electrons. The van der Waals surface area contributed by atoms with Crippen molar-refractivity contribution in [1.82, 2.24) is 15.1 Å². The van der Waals surface area contributed by atoms with Crippen LogP contribution in [0.2, 0.25) is 0 Å². The van der Waals surface area contributed by atoms with Gasteiger partial charge in [-0.2, -0.15) is 5.10 Å². The average Bonchev–Trinajstić information content (AvgIpc) is 2.94. The van der Waals surface area contributed by atoms with E-state index in [9.17, 15) is 4.79 Å². The maximum atomic E-state index is 12.2. The molecule has 1 N–H and O–H groups in total. The number of aryl methyl sites for hydroxylation is 2. The van der Waals surface area contributed by atoms with Crippen LogP contribution in [-0.2, 0) is 20.0 Å². The lowest BCUT2D eigenvalue weighted by atomic mass is 10.2. The molecular formula is C17H20ClN3O2. The van der Waals surface area contributed by atoms with Crippen molar-refractivity contribution in [1.29, 1.82) is 0 Å². The van der Waals surface area contributed by atoms with Crippen molar-refractivity contribution in [3.63, 3.8) is 0 Å². The minimum Gasteiger partial charge on any atom is -0.489 e. The van der Waals surface area contributed by atoms with E-state index in [2.05, 4.69) is 10.4 Å². The highest BCUT2D eigenvalue weighted by Crippen LogP contribution is 2.13. The van der Waals surface area contributed by atoms with Crippen LogP contribution in [0.3, 0.4) is 0 Å². The van der Waals surface area contributed by atoms with E-state index >= 15 is 0 Å². The number of rotatable bonds is 7. The molecular weight excluding hydrogens is 314 g/mol. The van der Waals surface area contributed by atoms with E-state index in [0.717, 1.165) is 23.4 Å². The fourth-order valence-corrected chi connectivity index (χ4v) is 2.18. The predicted molar refractivity (Wildman–Crippen MR) is 90.7 cm³/mol. The minimum atomic E-state index is -0.143. The van der Waals surface area contributed by atoms with E-state index in [1.54, 1.807) is 17.8 Å². The first-order chi connectivity index (χ1) is 11.1. The van der Waals surface area contributed by atoms with E-state index in [1.165, 1.54) is 5.54 Å². The zero-order chi connectivity index (χ0) is 16.7. The molecule has 0 spiro atoms. The number of aromatic nitrogens is 2. The molecule has 2 rings (SSSR count). The van der Waals surface area contributed by atoms with E-state index in [0.29, 0.717) is 18.8 Å². The first-order valence-corrected chi connectivity index (χ1v) is 7.85. The second-order valence-electron chi connectivity index (χ2n) is 5.00. The topological polar surface area (TPSA) is 56.1 Å². The number of halogens is 1. The van der Waals surface area contributed by atoms with Gasteiger partial charge in [-0.1, -0.05) is 30.7 Å². The summed E-state index contributed by atoms with van der Waals surface area (Å²) >= 11 is 5.45. The first-order valence-electron chi connectivity index (χ1n) is 7.42. The number of amides is 1. The molecule has 122 valence electrons. The van der Waals surface area contributed by atoms with E-state index in [4.69, 9.17) is 16.3 Å². The zero-order valence-corrected chi connectivity index (χ0v) is 14.0.